The van der Waals surface area contributed by atoms with Crippen LogP contribution in [-0.4, -0.2) is 32.2 Å². The van der Waals surface area contributed by atoms with Gasteiger partial charge in [0.15, 0.2) is 0 Å². The smallest absolute Gasteiger partial charge is 0.269 e. The van der Waals surface area contributed by atoms with Gasteiger partial charge < -0.3 is 5.32 Å². The van der Waals surface area contributed by atoms with Crippen molar-refractivity contribution in [3.8, 4) is 10.4 Å². The van der Waals surface area contributed by atoms with Gasteiger partial charge in [0.05, 0.1) is 10.7 Å². The lowest BCUT2D eigenvalue weighted by atomic mass is 10.2. The van der Waals surface area contributed by atoms with Crippen LogP contribution in [0.5, 0.6) is 0 Å². The average molecular weight is 383 g/mol. The summed E-state index contributed by atoms with van der Waals surface area (Å²) in [7, 11) is -3.11. The summed E-state index contributed by atoms with van der Waals surface area (Å²) >= 11 is 1.63. The van der Waals surface area contributed by atoms with E-state index in [1.165, 1.54) is 12.1 Å². The number of nitrogens with one attached hydrogen (secondary N) is 2. The summed E-state index contributed by atoms with van der Waals surface area (Å²) in [6.07, 6.45) is 0.722. The van der Waals surface area contributed by atoms with Crippen molar-refractivity contribution in [3.63, 3.8) is 0 Å². The third-order valence-corrected chi connectivity index (χ3v) is 6.09. The Morgan fingerprint density at radius 3 is 2.48 bits per heavy atom. The Balaban J connectivity index is 1.77. The molecule has 0 saturated carbocycles. The molecule has 0 radical (unpaired) electrons. The highest BCUT2D eigenvalue weighted by molar-refractivity contribution is 7.89. The summed E-state index contributed by atoms with van der Waals surface area (Å²) in [4.78, 5) is 12.5. The SMILES string of the molecule is CCS(=O)(=O)NCCCNCc1ccc(-c2ccc([N+](=O)[O-])cc2)s1. The normalized spacial score (nSPS) is 11.6. The summed E-state index contributed by atoms with van der Waals surface area (Å²) < 4.78 is 25.1. The van der Waals surface area contributed by atoms with Gasteiger partial charge in [-0.05, 0) is 49.7 Å². The van der Waals surface area contributed by atoms with E-state index in [0.29, 0.717) is 13.1 Å². The van der Waals surface area contributed by atoms with Gasteiger partial charge in [0, 0.05) is 35.0 Å². The number of benzene rings is 1. The molecule has 9 heteroatoms. The fourth-order valence-electron chi connectivity index (χ4n) is 2.13. The topological polar surface area (TPSA) is 101 Å². The predicted octanol–water partition coefficient (Wildman–Crippen LogP) is 2.74. The van der Waals surface area contributed by atoms with Crippen molar-refractivity contribution in [1.29, 1.82) is 0 Å². The van der Waals surface area contributed by atoms with Gasteiger partial charge in [0.25, 0.3) is 5.69 Å². The van der Waals surface area contributed by atoms with Crippen molar-refractivity contribution >= 4 is 27.0 Å². The first-order valence-corrected chi connectivity index (χ1v) is 10.4. The van der Waals surface area contributed by atoms with Gasteiger partial charge in [-0.1, -0.05) is 0 Å². The molecule has 0 unspecified atom stereocenters. The number of hydrogen-bond acceptors (Lipinski definition) is 6. The van der Waals surface area contributed by atoms with Gasteiger partial charge in [-0.15, -0.1) is 11.3 Å². The number of rotatable bonds is 10. The zero-order valence-corrected chi connectivity index (χ0v) is 15.5. The molecule has 136 valence electrons. The number of sulfonamides is 1. The van der Waals surface area contributed by atoms with Crippen molar-refractivity contribution < 1.29 is 13.3 Å². The molecule has 0 aliphatic rings. The number of nitro groups is 1. The highest BCUT2D eigenvalue weighted by Crippen LogP contribution is 2.29. The lowest BCUT2D eigenvalue weighted by molar-refractivity contribution is -0.384. The molecule has 1 aromatic carbocycles. The van der Waals surface area contributed by atoms with Crippen LogP contribution in [0.1, 0.15) is 18.2 Å². The molecule has 0 saturated heterocycles. The molecule has 1 aromatic heterocycles. The molecule has 2 N–H and O–H groups in total. The van der Waals surface area contributed by atoms with E-state index in [1.54, 1.807) is 30.4 Å². The van der Waals surface area contributed by atoms with Crippen LogP contribution in [0, 0.1) is 10.1 Å². The number of nitrogens with zero attached hydrogens (tertiary/aromatic N) is 1. The molecule has 0 fully saturated rings. The fourth-order valence-corrected chi connectivity index (χ4v) is 3.77. The van der Waals surface area contributed by atoms with Crippen LogP contribution in [-0.2, 0) is 16.6 Å². The van der Waals surface area contributed by atoms with Crippen LogP contribution in [0.3, 0.4) is 0 Å². The minimum Gasteiger partial charge on any atom is -0.312 e. The van der Waals surface area contributed by atoms with E-state index in [4.69, 9.17) is 0 Å². The van der Waals surface area contributed by atoms with Crippen LogP contribution < -0.4 is 10.0 Å². The maximum Gasteiger partial charge on any atom is 0.269 e. The number of hydrogen-bond donors (Lipinski definition) is 2. The maximum absolute atomic E-state index is 11.3. The monoisotopic (exact) mass is 383 g/mol. The summed E-state index contributed by atoms with van der Waals surface area (Å²) in [5.41, 5.74) is 1.04. The lowest BCUT2D eigenvalue weighted by Gasteiger charge is -2.05. The summed E-state index contributed by atoms with van der Waals surface area (Å²) in [6, 6.07) is 10.5. The Hall–Kier alpha value is -1.81. The molecule has 0 amide bonds. The van der Waals surface area contributed by atoms with E-state index >= 15 is 0 Å². The van der Waals surface area contributed by atoms with Crippen molar-refractivity contribution in [1.82, 2.24) is 10.0 Å². The Morgan fingerprint density at radius 1 is 1.12 bits per heavy atom. The highest BCUT2D eigenvalue weighted by Gasteiger charge is 2.07. The van der Waals surface area contributed by atoms with Gasteiger partial charge in [0.2, 0.25) is 10.0 Å². The van der Waals surface area contributed by atoms with E-state index in [1.807, 2.05) is 12.1 Å². The third kappa shape index (κ3) is 6.20. The van der Waals surface area contributed by atoms with E-state index in [2.05, 4.69) is 10.0 Å². The van der Waals surface area contributed by atoms with Crippen molar-refractivity contribution in [2.45, 2.75) is 19.9 Å². The van der Waals surface area contributed by atoms with Gasteiger partial charge in [-0.2, -0.15) is 0 Å². The zero-order chi connectivity index (χ0) is 18.3. The van der Waals surface area contributed by atoms with Crippen LogP contribution >= 0.6 is 11.3 Å². The largest absolute Gasteiger partial charge is 0.312 e. The van der Waals surface area contributed by atoms with E-state index in [-0.39, 0.29) is 11.4 Å². The molecule has 0 atom stereocenters. The first kappa shape index (κ1) is 19.5. The van der Waals surface area contributed by atoms with Gasteiger partial charge in [-0.3, -0.25) is 10.1 Å². The quantitative estimate of drug-likeness (QED) is 0.373. The summed E-state index contributed by atoms with van der Waals surface area (Å²) in [5, 5.41) is 14.0. The molecule has 25 heavy (non-hydrogen) atoms. The van der Waals surface area contributed by atoms with Gasteiger partial charge in [-0.25, -0.2) is 13.1 Å². The molecule has 1 heterocycles. The Bertz CT molecular complexity index is 801. The summed E-state index contributed by atoms with van der Waals surface area (Å²) in [5.74, 6) is 0.0983. The molecule has 2 rings (SSSR count). The predicted molar refractivity (Wildman–Crippen MR) is 100 cm³/mol. The average Bonchev–Trinajstić information content (AvgIpc) is 3.07. The first-order valence-electron chi connectivity index (χ1n) is 7.93. The van der Waals surface area contributed by atoms with E-state index in [0.717, 1.165) is 28.3 Å². The Kier molecular flexibility index (Phi) is 7.06. The lowest BCUT2D eigenvalue weighted by Crippen LogP contribution is -2.28. The van der Waals surface area contributed by atoms with Crippen molar-refractivity contribution in [2.24, 2.45) is 0 Å². The van der Waals surface area contributed by atoms with E-state index in [9.17, 15) is 18.5 Å². The molecular formula is C16H21N3O4S2. The molecule has 0 aliphatic carbocycles. The van der Waals surface area contributed by atoms with Crippen molar-refractivity contribution in [3.05, 3.63) is 51.4 Å². The second-order valence-corrected chi connectivity index (χ2v) is 8.66. The second-order valence-electron chi connectivity index (χ2n) is 5.40. The van der Waals surface area contributed by atoms with Crippen LogP contribution in [0.4, 0.5) is 5.69 Å². The molecular weight excluding hydrogens is 362 g/mol. The Labute approximate surface area is 151 Å². The fraction of sp³-hybridized carbons (Fsp3) is 0.375. The molecule has 0 bridgehead atoms. The molecule has 0 aliphatic heterocycles. The molecule has 2 aromatic rings. The third-order valence-electron chi connectivity index (χ3n) is 3.56. The van der Waals surface area contributed by atoms with Gasteiger partial charge in [0.1, 0.15) is 0 Å². The van der Waals surface area contributed by atoms with Gasteiger partial charge >= 0.3 is 0 Å². The second kappa shape index (κ2) is 9.04. The number of nitro benzene ring substituents is 1. The highest BCUT2D eigenvalue weighted by atomic mass is 32.2. The number of non-ortho nitro benzene ring substituents is 1. The van der Waals surface area contributed by atoms with Crippen molar-refractivity contribution in [2.75, 3.05) is 18.8 Å². The number of thiophene rings is 1. The minimum absolute atomic E-state index is 0.0842. The maximum atomic E-state index is 11.3. The van der Waals surface area contributed by atoms with Crippen LogP contribution in [0.25, 0.3) is 10.4 Å². The minimum atomic E-state index is -3.11. The van der Waals surface area contributed by atoms with E-state index < -0.39 is 14.9 Å². The Morgan fingerprint density at radius 2 is 1.84 bits per heavy atom. The summed E-state index contributed by atoms with van der Waals surface area (Å²) in [6.45, 7) is 3.47. The molecule has 0 spiro atoms. The van der Waals surface area contributed by atoms with Crippen LogP contribution in [0.2, 0.25) is 0 Å². The standard InChI is InChI=1S/C16H21N3O4S2/c1-2-25(22,23)18-11-3-10-17-12-15-8-9-16(24-15)13-4-6-14(7-5-13)19(20)21/h4-9,17-18H,2-3,10-12H2,1H3. The first-order chi connectivity index (χ1) is 11.9. The van der Waals surface area contributed by atoms with Crippen LogP contribution in [0.15, 0.2) is 36.4 Å². The zero-order valence-electron chi connectivity index (χ0n) is 13.9. The molecule has 7 nitrogen and oxygen atoms in total.